The molecule has 2 heterocycles. The average Bonchev–Trinajstić information content (AvgIpc) is 3.02. The SMILES string of the molecule is O=C(Nc1cc(-n2cccn2)ncn1)c1ccc(I)cc1. The molecule has 1 amide bonds. The first-order valence-electron chi connectivity index (χ1n) is 6.11. The van der Waals surface area contributed by atoms with Crippen LogP contribution in [0.2, 0.25) is 0 Å². The van der Waals surface area contributed by atoms with Gasteiger partial charge < -0.3 is 5.32 Å². The molecule has 0 radical (unpaired) electrons. The van der Waals surface area contributed by atoms with Crippen LogP contribution >= 0.6 is 22.6 Å². The minimum absolute atomic E-state index is 0.212. The average molecular weight is 391 g/mol. The summed E-state index contributed by atoms with van der Waals surface area (Å²) in [6.45, 7) is 0. The lowest BCUT2D eigenvalue weighted by Gasteiger charge is -2.06. The number of anilines is 1. The molecule has 0 saturated carbocycles. The van der Waals surface area contributed by atoms with Crippen molar-refractivity contribution < 1.29 is 4.79 Å². The molecule has 0 aliphatic rings. The summed E-state index contributed by atoms with van der Waals surface area (Å²) < 4.78 is 2.68. The third-order valence-corrected chi connectivity index (χ3v) is 3.46. The molecule has 1 N–H and O–H groups in total. The highest BCUT2D eigenvalue weighted by atomic mass is 127. The molecule has 0 unspecified atom stereocenters. The monoisotopic (exact) mass is 391 g/mol. The van der Waals surface area contributed by atoms with Crippen molar-refractivity contribution in [2.45, 2.75) is 0 Å². The van der Waals surface area contributed by atoms with Gasteiger partial charge in [0.1, 0.15) is 12.1 Å². The van der Waals surface area contributed by atoms with Gasteiger partial charge in [0.05, 0.1) is 0 Å². The van der Waals surface area contributed by atoms with Crippen LogP contribution in [0.15, 0.2) is 55.1 Å². The molecule has 0 aliphatic carbocycles. The van der Waals surface area contributed by atoms with Gasteiger partial charge in [0, 0.05) is 27.6 Å². The van der Waals surface area contributed by atoms with Crippen LogP contribution in [0, 0.1) is 3.57 Å². The number of carbonyl (C=O) groups excluding carboxylic acids is 1. The molecular weight excluding hydrogens is 381 g/mol. The van der Waals surface area contributed by atoms with Crippen molar-refractivity contribution in [3.8, 4) is 5.82 Å². The number of carbonyl (C=O) groups is 1. The van der Waals surface area contributed by atoms with E-state index in [-0.39, 0.29) is 5.91 Å². The first-order chi connectivity index (χ1) is 10.2. The van der Waals surface area contributed by atoms with Gasteiger partial charge in [0.2, 0.25) is 0 Å². The van der Waals surface area contributed by atoms with E-state index in [1.165, 1.54) is 6.33 Å². The number of aromatic nitrogens is 4. The van der Waals surface area contributed by atoms with Crippen LogP contribution < -0.4 is 5.32 Å². The fourth-order valence-corrected chi connectivity index (χ4v) is 2.09. The third-order valence-electron chi connectivity index (χ3n) is 2.74. The standard InChI is InChI=1S/C14H10IN5O/c15-11-4-2-10(3-5-11)14(21)19-12-8-13(17-9-16-12)20-7-1-6-18-20/h1-9H,(H,16,17,19,21). The number of halogens is 1. The van der Waals surface area contributed by atoms with Gasteiger partial charge in [-0.15, -0.1) is 0 Å². The Hall–Kier alpha value is -2.29. The third kappa shape index (κ3) is 3.24. The maximum atomic E-state index is 12.1. The second kappa shape index (κ2) is 6.00. The summed E-state index contributed by atoms with van der Waals surface area (Å²) >= 11 is 2.19. The topological polar surface area (TPSA) is 72.7 Å². The van der Waals surface area contributed by atoms with Crippen molar-refractivity contribution >= 4 is 34.3 Å². The second-order valence-electron chi connectivity index (χ2n) is 4.17. The molecule has 0 aliphatic heterocycles. The zero-order chi connectivity index (χ0) is 14.7. The summed E-state index contributed by atoms with van der Waals surface area (Å²) in [4.78, 5) is 20.3. The summed E-state index contributed by atoms with van der Waals surface area (Å²) in [5, 5.41) is 6.83. The molecule has 21 heavy (non-hydrogen) atoms. The van der Waals surface area contributed by atoms with E-state index in [9.17, 15) is 4.79 Å². The molecule has 2 aromatic heterocycles. The van der Waals surface area contributed by atoms with Gasteiger partial charge in [0.15, 0.2) is 5.82 Å². The lowest BCUT2D eigenvalue weighted by molar-refractivity contribution is 0.102. The maximum Gasteiger partial charge on any atom is 0.256 e. The summed E-state index contributed by atoms with van der Waals surface area (Å²) in [5.74, 6) is 0.809. The lowest BCUT2D eigenvalue weighted by Crippen LogP contribution is -2.13. The molecular formula is C14H10IN5O. The van der Waals surface area contributed by atoms with Gasteiger partial charge in [-0.1, -0.05) is 0 Å². The molecule has 0 atom stereocenters. The van der Waals surface area contributed by atoms with Crippen LogP contribution in [0.3, 0.4) is 0 Å². The van der Waals surface area contributed by atoms with Crippen LogP contribution in [0.4, 0.5) is 5.82 Å². The summed E-state index contributed by atoms with van der Waals surface area (Å²) in [6, 6.07) is 10.8. The number of rotatable bonds is 3. The van der Waals surface area contributed by atoms with E-state index in [4.69, 9.17) is 0 Å². The van der Waals surface area contributed by atoms with Crippen molar-refractivity contribution in [1.29, 1.82) is 0 Å². The van der Waals surface area contributed by atoms with Crippen molar-refractivity contribution in [2.75, 3.05) is 5.32 Å². The van der Waals surface area contributed by atoms with Crippen molar-refractivity contribution in [1.82, 2.24) is 19.7 Å². The summed E-state index contributed by atoms with van der Waals surface area (Å²) in [5.41, 5.74) is 0.578. The van der Waals surface area contributed by atoms with Gasteiger partial charge in [-0.05, 0) is 52.9 Å². The van der Waals surface area contributed by atoms with Crippen LogP contribution in [-0.2, 0) is 0 Å². The number of nitrogens with one attached hydrogen (secondary N) is 1. The molecule has 1 aromatic carbocycles. The van der Waals surface area contributed by atoms with Crippen LogP contribution in [0.25, 0.3) is 5.82 Å². The van der Waals surface area contributed by atoms with E-state index < -0.39 is 0 Å². The van der Waals surface area contributed by atoms with Crippen LogP contribution in [-0.4, -0.2) is 25.7 Å². The van der Waals surface area contributed by atoms with Gasteiger partial charge in [0.25, 0.3) is 5.91 Å². The first kappa shape index (κ1) is 13.7. The molecule has 3 aromatic rings. The van der Waals surface area contributed by atoms with Crippen molar-refractivity contribution in [2.24, 2.45) is 0 Å². The fourth-order valence-electron chi connectivity index (χ4n) is 1.73. The fraction of sp³-hybridized carbons (Fsp3) is 0. The predicted molar refractivity (Wildman–Crippen MR) is 86.3 cm³/mol. The van der Waals surface area contributed by atoms with E-state index in [0.29, 0.717) is 17.2 Å². The largest absolute Gasteiger partial charge is 0.306 e. The normalized spacial score (nSPS) is 10.3. The van der Waals surface area contributed by atoms with E-state index in [2.05, 4.69) is 43.0 Å². The Bertz CT molecular complexity index is 755. The van der Waals surface area contributed by atoms with E-state index in [1.54, 1.807) is 41.3 Å². The van der Waals surface area contributed by atoms with Gasteiger partial charge in [-0.3, -0.25) is 4.79 Å². The lowest BCUT2D eigenvalue weighted by atomic mass is 10.2. The maximum absolute atomic E-state index is 12.1. The zero-order valence-corrected chi connectivity index (χ0v) is 12.9. The van der Waals surface area contributed by atoms with Crippen LogP contribution in [0.1, 0.15) is 10.4 Å². The molecule has 0 spiro atoms. The Morgan fingerprint density at radius 3 is 2.71 bits per heavy atom. The summed E-state index contributed by atoms with van der Waals surface area (Å²) in [7, 11) is 0. The van der Waals surface area contributed by atoms with Crippen molar-refractivity contribution in [3.63, 3.8) is 0 Å². The summed E-state index contributed by atoms with van der Waals surface area (Å²) in [6.07, 6.45) is 4.82. The smallest absolute Gasteiger partial charge is 0.256 e. The number of benzene rings is 1. The number of hydrogen-bond donors (Lipinski definition) is 1. The molecule has 104 valence electrons. The van der Waals surface area contributed by atoms with Gasteiger partial charge in [-0.25, -0.2) is 14.6 Å². The Kier molecular flexibility index (Phi) is 3.91. The minimum Gasteiger partial charge on any atom is -0.306 e. The number of hydrogen-bond acceptors (Lipinski definition) is 4. The van der Waals surface area contributed by atoms with Gasteiger partial charge >= 0.3 is 0 Å². The molecule has 0 bridgehead atoms. The molecule has 6 nitrogen and oxygen atoms in total. The molecule has 0 saturated heterocycles. The molecule has 0 fully saturated rings. The minimum atomic E-state index is -0.212. The molecule has 7 heteroatoms. The number of nitrogens with zero attached hydrogens (tertiary/aromatic N) is 4. The molecule has 3 rings (SSSR count). The Morgan fingerprint density at radius 1 is 1.19 bits per heavy atom. The zero-order valence-electron chi connectivity index (χ0n) is 10.8. The quantitative estimate of drug-likeness (QED) is 0.697. The van der Waals surface area contributed by atoms with Crippen molar-refractivity contribution in [3.05, 3.63) is 64.3 Å². The highest BCUT2D eigenvalue weighted by Crippen LogP contribution is 2.11. The van der Waals surface area contributed by atoms with E-state index >= 15 is 0 Å². The Morgan fingerprint density at radius 2 is 2.00 bits per heavy atom. The Balaban J connectivity index is 1.80. The highest BCUT2D eigenvalue weighted by molar-refractivity contribution is 14.1. The highest BCUT2D eigenvalue weighted by Gasteiger charge is 2.08. The first-order valence-corrected chi connectivity index (χ1v) is 7.19. The predicted octanol–water partition coefficient (Wildman–Crippen LogP) is 2.52. The number of amides is 1. The van der Waals surface area contributed by atoms with E-state index in [1.807, 2.05) is 12.1 Å². The van der Waals surface area contributed by atoms with Gasteiger partial charge in [-0.2, -0.15) is 5.10 Å². The van der Waals surface area contributed by atoms with E-state index in [0.717, 1.165) is 3.57 Å². The van der Waals surface area contributed by atoms with Crippen LogP contribution in [0.5, 0.6) is 0 Å². The second-order valence-corrected chi connectivity index (χ2v) is 5.42. The Labute approximate surface area is 134 Å².